The summed E-state index contributed by atoms with van der Waals surface area (Å²) in [6.45, 7) is 8.12. The number of hydrogen-bond acceptors (Lipinski definition) is 3. The number of nitrogens with one attached hydrogen (secondary N) is 2. The van der Waals surface area contributed by atoms with Crippen LogP contribution in [-0.2, 0) is 0 Å². The highest BCUT2D eigenvalue weighted by atomic mass is 16.5. The minimum absolute atomic E-state index is 0.147. The first kappa shape index (κ1) is 19.6. The molecule has 0 aromatic heterocycles. The van der Waals surface area contributed by atoms with Crippen LogP contribution in [0.25, 0.3) is 0 Å². The molecule has 5 heteroatoms. The maximum atomic E-state index is 10.4. The number of aliphatic hydroxyl groups excluding tert-OH is 1. The van der Waals surface area contributed by atoms with Crippen molar-refractivity contribution in [3.05, 3.63) is 29.8 Å². The standard InChI is InChI=1S/C20H33N3O2/c1-4-21-20(22-13-5-6-16-7-8-16)23-14-19(24)17-9-11-18(12-10-17)25-15(2)3/h9-12,15-16,19,24H,4-8,13-14H2,1-3H3,(H2,21,22,23). The fourth-order valence-electron chi connectivity index (χ4n) is 2.67. The van der Waals surface area contributed by atoms with Crippen molar-refractivity contribution in [2.24, 2.45) is 10.9 Å². The van der Waals surface area contributed by atoms with Crippen LogP contribution in [0.5, 0.6) is 5.75 Å². The van der Waals surface area contributed by atoms with Gasteiger partial charge in [-0.15, -0.1) is 0 Å². The average Bonchev–Trinajstić information content (AvgIpc) is 3.40. The summed E-state index contributed by atoms with van der Waals surface area (Å²) in [5.41, 5.74) is 0.851. The summed E-state index contributed by atoms with van der Waals surface area (Å²) in [6, 6.07) is 7.58. The smallest absolute Gasteiger partial charge is 0.191 e. The minimum Gasteiger partial charge on any atom is -0.491 e. The quantitative estimate of drug-likeness (QED) is 0.345. The van der Waals surface area contributed by atoms with Gasteiger partial charge in [0.15, 0.2) is 5.96 Å². The average molecular weight is 348 g/mol. The Morgan fingerprint density at radius 1 is 1.24 bits per heavy atom. The molecule has 1 saturated carbocycles. The molecule has 1 aromatic rings. The van der Waals surface area contributed by atoms with Crippen molar-refractivity contribution in [1.29, 1.82) is 0 Å². The molecule has 1 aromatic carbocycles. The molecule has 0 saturated heterocycles. The van der Waals surface area contributed by atoms with Gasteiger partial charge in [0.25, 0.3) is 0 Å². The van der Waals surface area contributed by atoms with Crippen molar-refractivity contribution >= 4 is 5.96 Å². The maximum Gasteiger partial charge on any atom is 0.191 e. The van der Waals surface area contributed by atoms with Gasteiger partial charge in [-0.2, -0.15) is 0 Å². The zero-order valence-electron chi connectivity index (χ0n) is 15.8. The number of guanidine groups is 1. The second-order valence-corrected chi connectivity index (χ2v) is 6.98. The zero-order chi connectivity index (χ0) is 18.1. The Bertz CT molecular complexity index is 524. The molecule has 1 aliphatic rings. The van der Waals surface area contributed by atoms with E-state index < -0.39 is 6.10 Å². The highest BCUT2D eigenvalue weighted by molar-refractivity contribution is 5.79. The molecule has 0 bridgehead atoms. The topological polar surface area (TPSA) is 65.9 Å². The highest BCUT2D eigenvalue weighted by Gasteiger charge is 2.20. The molecule has 2 rings (SSSR count). The molecule has 5 nitrogen and oxygen atoms in total. The lowest BCUT2D eigenvalue weighted by molar-refractivity contribution is 0.186. The van der Waals surface area contributed by atoms with Crippen molar-refractivity contribution in [1.82, 2.24) is 10.6 Å². The van der Waals surface area contributed by atoms with Crippen LogP contribution in [0.1, 0.15) is 58.1 Å². The lowest BCUT2D eigenvalue weighted by Crippen LogP contribution is -2.38. The van der Waals surface area contributed by atoms with Crippen molar-refractivity contribution < 1.29 is 9.84 Å². The Kier molecular flexibility index (Phi) is 8.06. The molecule has 0 aliphatic heterocycles. The molecule has 0 spiro atoms. The van der Waals surface area contributed by atoms with Gasteiger partial charge < -0.3 is 20.5 Å². The maximum absolute atomic E-state index is 10.4. The number of hydrogen-bond donors (Lipinski definition) is 3. The number of rotatable bonds is 10. The summed E-state index contributed by atoms with van der Waals surface area (Å²) < 4.78 is 5.63. The molecule has 3 N–H and O–H groups in total. The van der Waals surface area contributed by atoms with Gasteiger partial charge in [0.2, 0.25) is 0 Å². The lowest BCUT2D eigenvalue weighted by atomic mass is 10.1. The molecule has 0 radical (unpaired) electrons. The van der Waals surface area contributed by atoms with Gasteiger partial charge in [-0.1, -0.05) is 25.0 Å². The van der Waals surface area contributed by atoms with E-state index in [2.05, 4.69) is 15.6 Å². The van der Waals surface area contributed by atoms with E-state index >= 15 is 0 Å². The number of benzene rings is 1. The fraction of sp³-hybridized carbons (Fsp3) is 0.650. The largest absolute Gasteiger partial charge is 0.491 e. The Morgan fingerprint density at radius 3 is 2.56 bits per heavy atom. The van der Waals surface area contributed by atoms with Crippen LogP contribution in [0.4, 0.5) is 0 Å². The van der Waals surface area contributed by atoms with Crippen LogP contribution in [0.2, 0.25) is 0 Å². The summed E-state index contributed by atoms with van der Waals surface area (Å²) in [7, 11) is 0. The van der Waals surface area contributed by atoms with E-state index in [1.165, 1.54) is 25.7 Å². The number of ether oxygens (including phenoxy) is 1. The predicted octanol–water partition coefficient (Wildman–Crippen LogP) is 3.25. The van der Waals surface area contributed by atoms with Crippen LogP contribution in [-0.4, -0.2) is 36.8 Å². The molecule has 1 unspecified atom stereocenters. The van der Waals surface area contributed by atoms with E-state index in [9.17, 15) is 5.11 Å². The molecule has 1 fully saturated rings. The lowest BCUT2D eigenvalue weighted by Gasteiger charge is -2.14. The van der Waals surface area contributed by atoms with Gasteiger partial charge in [0.1, 0.15) is 5.75 Å². The third-order valence-corrected chi connectivity index (χ3v) is 4.18. The van der Waals surface area contributed by atoms with Crippen LogP contribution < -0.4 is 15.4 Å². The van der Waals surface area contributed by atoms with Gasteiger partial charge in [-0.05, 0) is 57.2 Å². The number of aliphatic hydroxyl groups is 1. The first-order valence-electron chi connectivity index (χ1n) is 9.55. The summed E-state index contributed by atoms with van der Waals surface area (Å²) in [6.07, 6.45) is 4.82. The van der Waals surface area contributed by atoms with Gasteiger partial charge in [-0.25, -0.2) is 0 Å². The van der Waals surface area contributed by atoms with E-state index in [1.807, 2.05) is 45.0 Å². The minimum atomic E-state index is -0.616. The monoisotopic (exact) mass is 347 g/mol. The Morgan fingerprint density at radius 2 is 1.96 bits per heavy atom. The second kappa shape index (κ2) is 10.3. The second-order valence-electron chi connectivity index (χ2n) is 6.98. The van der Waals surface area contributed by atoms with Gasteiger partial charge >= 0.3 is 0 Å². The van der Waals surface area contributed by atoms with Crippen molar-refractivity contribution in [2.45, 2.75) is 58.7 Å². The molecular weight excluding hydrogens is 314 g/mol. The van der Waals surface area contributed by atoms with Crippen LogP contribution in [0, 0.1) is 5.92 Å². The summed E-state index contributed by atoms with van der Waals surface area (Å²) >= 11 is 0. The van der Waals surface area contributed by atoms with Crippen molar-refractivity contribution in [3.63, 3.8) is 0 Å². The molecule has 0 amide bonds. The van der Waals surface area contributed by atoms with E-state index in [0.29, 0.717) is 6.54 Å². The Labute approximate surface area is 151 Å². The first-order valence-corrected chi connectivity index (χ1v) is 9.55. The van der Waals surface area contributed by atoms with Crippen LogP contribution >= 0.6 is 0 Å². The normalized spacial score (nSPS) is 16.0. The predicted molar refractivity (Wildman–Crippen MR) is 103 cm³/mol. The molecule has 1 aliphatic carbocycles. The van der Waals surface area contributed by atoms with Crippen molar-refractivity contribution in [2.75, 3.05) is 19.6 Å². The Balaban J connectivity index is 1.80. The van der Waals surface area contributed by atoms with Crippen LogP contribution in [0.15, 0.2) is 29.3 Å². The van der Waals surface area contributed by atoms with Gasteiger partial charge in [-0.3, -0.25) is 4.99 Å². The summed E-state index contributed by atoms with van der Waals surface area (Å²) in [5, 5.41) is 16.9. The fourth-order valence-corrected chi connectivity index (χ4v) is 2.67. The van der Waals surface area contributed by atoms with Crippen molar-refractivity contribution in [3.8, 4) is 5.75 Å². The molecular formula is C20H33N3O2. The van der Waals surface area contributed by atoms with E-state index in [0.717, 1.165) is 36.3 Å². The zero-order valence-corrected chi connectivity index (χ0v) is 15.8. The SMILES string of the molecule is CCNC(=NCC(O)c1ccc(OC(C)C)cc1)NCCCC1CC1. The first-order chi connectivity index (χ1) is 12.1. The third-order valence-electron chi connectivity index (χ3n) is 4.18. The van der Waals surface area contributed by atoms with Gasteiger partial charge in [0, 0.05) is 13.1 Å². The summed E-state index contributed by atoms with van der Waals surface area (Å²) in [5.74, 6) is 2.56. The highest BCUT2D eigenvalue weighted by Crippen LogP contribution is 2.33. The van der Waals surface area contributed by atoms with Crippen LogP contribution in [0.3, 0.4) is 0 Å². The molecule has 0 heterocycles. The molecule has 140 valence electrons. The molecule has 1 atom stereocenters. The number of nitrogens with zero attached hydrogens (tertiary/aromatic N) is 1. The number of aliphatic imine (C=N–C) groups is 1. The van der Waals surface area contributed by atoms with E-state index in [4.69, 9.17) is 4.74 Å². The van der Waals surface area contributed by atoms with Gasteiger partial charge in [0.05, 0.1) is 18.8 Å². The third kappa shape index (κ3) is 7.78. The summed E-state index contributed by atoms with van der Waals surface area (Å²) in [4.78, 5) is 4.51. The Hall–Kier alpha value is -1.75. The van der Waals surface area contributed by atoms with E-state index in [1.54, 1.807) is 0 Å². The molecule has 25 heavy (non-hydrogen) atoms. The van der Waals surface area contributed by atoms with E-state index in [-0.39, 0.29) is 6.10 Å².